The van der Waals surface area contributed by atoms with Crippen molar-refractivity contribution in [2.45, 2.75) is 31.8 Å². The Labute approximate surface area is 132 Å². The van der Waals surface area contributed by atoms with Crippen LogP contribution in [-0.2, 0) is 20.9 Å². The molecule has 3 rings (SSSR count). The molecule has 0 bridgehead atoms. The van der Waals surface area contributed by atoms with Crippen molar-refractivity contribution in [3.05, 3.63) is 29.3 Å². The lowest BCUT2D eigenvalue weighted by atomic mass is 10.0. The minimum atomic E-state index is -0.618. The van der Waals surface area contributed by atoms with Gasteiger partial charge in [0.2, 0.25) is 11.8 Å². The van der Waals surface area contributed by atoms with Gasteiger partial charge in [0, 0.05) is 24.9 Å². The van der Waals surface area contributed by atoms with Gasteiger partial charge in [-0.2, -0.15) is 0 Å². The number of fused-ring (bicyclic) bond motifs is 1. The van der Waals surface area contributed by atoms with Crippen LogP contribution in [-0.4, -0.2) is 41.6 Å². The van der Waals surface area contributed by atoms with E-state index in [1.807, 2.05) is 0 Å². The quantitative estimate of drug-likeness (QED) is 0.483. The fraction of sp³-hybridized carbons (Fsp3) is 0.375. The third-order valence-electron chi connectivity index (χ3n) is 4.00. The third-order valence-corrected chi connectivity index (χ3v) is 4.00. The molecule has 7 nitrogen and oxygen atoms in total. The van der Waals surface area contributed by atoms with Crippen LogP contribution in [0.4, 0.5) is 0 Å². The van der Waals surface area contributed by atoms with E-state index in [2.05, 4.69) is 5.32 Å². The fourth-order valence-corrected chi connectivity index (χ4v) is 2.87. The highest BCUT2D eigenvalue weighted by Crippen LogP contribution is 2.30. The van der Waals surface area contributed by atoms with E-state index in [9.17, 15) is 19.2 Å². The molecule has 1 unspecified atom stereocenters. The number of carbonyl (C=O) groups excluding carboxylic acids is 4. The largest absolute Gasteiger partial charge is 0.493 e. The lowest BCUT2D eigenvalue weighted by Crippen LogP contribution is -2.52. The lowest BCUT2D eigenvalue weighted by Gasteiger charge is -2.29. The molecule has 2 aliphatic heterocycles. The molecular formula is C16H16N2O5. The molecule has 3 amide bonds. The molecule has 0 aliphatic carbocycles. The fourth-order valence-electron chi connectivity index (χ4n) is 2.87. The molecule has 7 heteroatoms. The van der Waals surface area contributed by atoms with E-state index in [0.29, 0.717) is 30.7 Å². The smallest absolute Gasteiger partial charge is 0.255 e. The third kappa shape index (κ3) is 2.94. The Balaban J connectivity index is 1.74. The summed E-state index contributed by atoms with van der Waals surface area (Å²) in [6, 6.07) is 4.48. The van der Waals surface area contributed by atoms with E-state index in [-0.39, 0.29) is 24.8 Å². The summed E-state index contributed by atoms with van der Waals surface area (Å²) in [6.45, 7) is 0.596. The normalized spacial score (nSPS) is 20.3. The molecule has 1 aromatic carbocycles. The summed E-state index contributed by atoms with van der Waals surface area (Å²) < 4.78 is 5.44. The van der Waals surface area contributed by atoms with E-state index in [1.165, 1.54) is 4.90 Å². The van der Waals surface area contributed by atoms with Gasteiger partial charge in [-0.05, 0) is 30.2 Å². The first-order valence-corrected chi connectivity index (χ1v) is 7.44. The van der Waals surface area contributed by atoms with Crippen LogP contribution in [0.25, 0.3) is 0 Å². The molecule has 1 saturated heterocycles. The Hall–Kier alpha value is -2.70. The predicted molar refractivity (Wildman–Crippen MR) is 78.7 cm³/mol. The molecule has 1 N–H and O–H groups in total. The van der Waals surface area contributed by atoms with Crippen molar-refractivity contribution in [3.63, 3.8) is 0 Å². The van der Waals surface area contributed by atoms with Gasteiger partial charge in [-0.15, -0.1) is 0 Å². The number of benzene rings is 1. The van der Waals surface area contributed by atoms with Crippen LogP contribution in [0.15, 0.2) is 18.2 Å². The molecule has 2 heterocycles. The number of nitrogens with zero attached hydrogens (tertiary/aromatic N) is 1. The molecule has 0 spiro atoms. The van der Waals surface area contributed by atoms with Crippen molar-refractivity contribution < 1.29 is 23.9 Å². The van der Waals surface area contributed by atoms with Crippen LogP contribution in [0, 0.1) is 0 Å². The topological polar surface area (TPSA) is 92.8 Å². The van der Waals surface area contributed by atoms with Gasteiger partial charge in [0.25, 0.3) is 5.91 Å². The highest BCUT2D eigenvalue weighted by atomic mass is 16.5. The molecular weight excluding hydrogens is 300 g/mol. The number of hydrogen-bond donors (Lipinski definition) is 1. The summed E-state index contributed by atoms with van der Waals surface area (Å²) in [7, 11) is 0. The molecule has 1 fully saturated rings. The van der Waals surface area contributed by atoms with Crippen molar-refractivity contribution in [2.75, 3.05) is 6.61 Å². The van der Waals surface area contributed by atoms with Crippen molar-refractivity contribution in [1.82, 2.24) is 10.2 Å². The summed E-state index contributed by atoms with van der Waals surface area (Å²) in [5, 5.41) is 2.27. The molecule has 23 heavy (non-hydrogen) atoms. The maximum absolute atomic E-state index is 12.5. The van der Waals surface area contributed by atoms with E-state index in [0.717, 1.165) is 11.8 Å². The van der Waals surface area contributed by atoms with Crippen LogP contribution in [0.5, 0.6) is 5.75 Å². The zero-order chi connectivity index (χ0) is 16.4. The Morgan fingerprint density at radius 2 is 2.13 bits per heavy atom. The van der Waals surface area contributed by atoms with Gasteiger partial charge in [-0.1, -0.05) is 0 Å². The zero-order valence-electron chi connectivity index (χ0n) is 12.4. The monoisotopic (exact) mass is 316 g/mol. The number of carbonyl (C=O) groups is 4. The molecule has 1 aromatic rings. The Morgan fingerprint density at radius 3 is 2.87 bits per heavy atom. The van der Waals surface area contributed by atoms with Crippen LogP contribution in [0.1, 0.15) is 35.2 Å². The van der Waals surface area contributed by atoms with Crippen LogP contribution >= 0.6 is 0 Å². The van der Waals surface area contributed by atoms with Crippen LogP contribution in [0.2, 0.25) is 0 Å². The first kappa shape index (κ1) is 15.2. The van der Waals surface area contributed by atoms with Gasteiger partial charge in [0.05, 0.1) is 6.61 Å². The molecule has 0 saturated carbocycles. The average molecular weight is 316 g/mol. The number of hydrogen-bond acceptors (Lipinski definition) is 5. The van der Waals surface area contributed by atoms with E-state index in [1.54, 1.807) is 18.2 Å². The zero-order valence-corrected chi connectivity index (χ0v) is 12.4. The van der Waals surface area contributed by atoms with Crippen molar-refractivity contribution >= 4 is 24.0 Å². The average Bonchev–Trinajstić information content (AvgIpc) is 2.84. The van der Waals surface area contributed by atoms with Gasteiger partial charge in [-0.3, -0.25) is 19.7 Å². The van der Waals surface area contributed by atoms with Gasteiger partial charge < -0.3 is 14.4 Å². The second-order valence-electron chi connectivity index (χ2n) is 5.52. The van der Waals surface area contributed by atoms with Crippen LogP contribution < -0.4 is 10.1 Å². The molecule has 1 atom stereocenters. The SMILES string of the molecule is O=CCCOc1ccc2c(c1)CN(C1CCC(=O)NC1=O)C2=O. The summed E-state index contributed by atoms with van der Waals surface area (Å²) >= 11 is 0. The number of aldehydes is 1. The summed E-state index contributed by atoms with van der Waals surface area (Å²) in [6.07, 6.45) is 1.66. The second-order valence-corrected chi connectivity index (χ2v) is 5.52. The van der Waals surface area contributed by atoms with Crippen LogP contribution in [0.3, 0.4) is 0 Å². The Morgan fingerprint density at radius 1 is 1.30 bits per heavy atom. The number of rotatable bonds is 5. The van der Waals surface area contributed by atoms with Gasteiger partial charge in [0.1, 0.15) is 18.1 Å². The lowest BCUT2D eigenvalue weighted by molar-refractivity contribution is -0.136. The number of nitrogens with one attached hydrogen (secondary N) is 1. The highest BCUT2D eigenvalue weighted by Gasteiger charge is 2.39. The standard InChI is InChI=1S/C16H16N2O5/c19-6-1-7-23-11-2-3-12-10(8-11)9-18(16(12)22)13-4-5-14(20)17-15(13)21/h2-3,6,8,13H,1,4-5,7,9H2,(H,17,20,21). The Bertz CT molecular complexity index is 685. The number of ether oxygens (including phenoxy) is 1. The number of amides is 3. The van der Waals surface area contributed by atoms with Gasteiger partial charge >= 0.3 is 0 Å². The minimum absolute atomic E-state index is 0.214. The first-order chi connectivity index (χ1) is 11.1. The van der Waals surface area contributed by atoms with Crippen molar-refractivity contribution in [2.24, 2.45) is 0 Å². The predicted octanol–water partition coefficient (Wildman–Crippen LogP) is 0.415. The minimum Gasteiger partial charge on any atom is -0.493 e. The summed E-state index contributed by atoms with van der Waals surface area (Å²) in [5.74, 6) is -0.358. The molecule has 2 aliphatic rings. The number of piperidine rings is 1. The van der Waals surface area contributed by atoms with Gasteiger partial charge in [-0.25, -0.2) is 0 Å². The van der Waals surface area contributed by atoms with Crippen molar-refractivity contribution in [1.29, 1.82) is 0 Å². The summed E-state index contributed by atoms with van der Waals surface area (Å²) in [4.78, 5) is 47.4. The van der Waals surface area contributed by atoms with Gasteiger partial charge in [0.15, 0.2) is 0 Å². The summed E-state index contributed by atoms with van der Waals surface area (Å²) in [5.41, 5.74) is 1.32. The molecule has 0 radical (unpaired) electrons. The second kappa shape index (κ2) is 6.20. The van der Waals surface area contributed by atoms with E-state index < -0.39 is 11.9 Å². The number of imide groups is 1. The van der Waals surface area contributed by atoms with E-state index >= 15 is 0 Å². The maximum Gasteiger partial charge on any atom is 0.255 e. The Kier molecular flexibility index (Phi) is 4.10. The van der Waals surface area contributed by atoms with Crippen molar-refractivity contribution in [3.8, 4) is 5.75 Å². The highest BCUT2D eigenvalue weighted by molar-refractivity contribution is 6.05. The molecule has 0 aromatic heterocycles. The maximum atomic E-state index is 12.5. The first-order valence-electron chi connectivity index (χ1n) is 7.44. The van der Waals surface area contributed by atoms with E-state index in [4.69, 9.17) is 4.74 Å². The molecule has 120 valence electrons.